The largest absolute Gasteiger partial charge is 0.495 e. The zero-order chi connectivity index (χ0) is 28.6. The number of amides is 3. The Balaban J connectivity index is 1.40. The van der Waals surface area contributed by atoms with Gasteiger partial charge in [-0.15, -0.1) is 0 Å². The molecule has 0 bridgehead atoms. The molecule has 1 aromatic heterocycles. The number of carbonyl (C=O) groups excluding carboxylic acids is 3. The van der Waals surface area contributed by atoms with Gasteiger partial charge in [-0.3, -0.25) is 14.4 Å². The quantitative estimate of drug-likeness (QED) is 0.472. The summed E-state index contributed by atoms with van der Waals surface area (Å²) in [5.41, 5.74) is 6.46. The van der Waals surface area contributed by atoms with Gasteiger partial charge in [-0.25, -0.2) is 4.98 Å². The lowest BCUT2D eigenvalue weighted by Crippen LogP contribution is -2.48. The summed E-state index contributed by atoms with van der Waals surface area (Å²) in [5.74, 6) is -5.33. The van der Waals surface area contributed by atoms with Crippen LogP contribution < -0.4 is 30.9 Å². The van der Waals surface area contributed by atoms with Gasteiger partial charge >= 0.3 is 5.92 Å². The maximum atomic E-state index is 14.8. The molecule has 1 unspecified atom stereocenters. The number of nitrogens with one attached hydrogen (secondary N) is 2. The average molecular weight is 558 g/mol. The summed E-state index contributed by atoms with van der Waals surface area (Å²) < 4.78 is 35.2. The molecule has 2 aromatic rings. The number of alkyl halides is 2. The van der Waals surface area contributed by atoms with Crippen molar-refractivity contribution in [1.29, 1.82) is 0 Å². The molecule has 2 fully saturated rings. The zero-order valence-electron chi connectivity index (χ0n) is 22.5. The standard InChI is InChI=1S/C27H33F2N7O4/c1-35-20-13-31-26(34-23(20)36(16-6-3-4-7-16)14-27(28,29)25(35)39)33-19-11-10-15(12-21(19)40-2)24(38)32-18-9-5-8-17(18)22(30)37/h10-13,16-18H,3-9,14H2,1-2H3,(H2,30,37)(H,32,38)(H,31,33,34)/t17-,18?/m1/s1. The highest BCUT2D eigenvalue weighted by molar-refractivity contribution is 6.02. The normalized spacial score (nSPS) is 22.6. The summed E-state index contributed by atoms with van der Waals surface area (Å²) in [4.78, 5) is 48.4. The maximum absolute atomic E-state index is 14.8. The number of hydrogen-bond donors (Lipinski definition) is 3. The van der Waals surface area contributed by atoms with E-state index in [4.69, 9.17) is 10.5 Å². The maximum Gasteiger partial charge on any atom is 0.342 e. The van der Waals surface area contributed by atoms with Crippen LogP contribution in [0.15, 0.2) is 24.4 Å². The molecule has 3 aliphatic rings. The van der Waals surface area contributed by atoms with E-state index in [0.717, 1.165) is 37.0 Å². The van der Waals surface area contributed by atoms with Crippen LogP contribution in [0.1, 0.15) is 55.3 Å². The van der Waals surface area contributed by atoms with Crippen LogP contribution in [0.3, 0.4) is 0 Å². The Hall–Kier alpha value is -4.03. The monoisotopic (exact) mass is 557 g/mol. The van der Waals surface area contributed by atoms with Crippen molar-refractivity contribution >= 4 is 40.9 Å². The van der Waals surface area contributed by atoms with Crippen molar-refractivity contribution in [3.05, 3.63) is 30.0 Å². The summed E-state index contributed by atoms with van der Waals surface area (Å²) in [6.45, 7) is -0.755. The van der Waals surface area contributed by atoms with Gasteiger partial charge in [0, 0.05) is 24.7 Å². The second-order valence-electron chi connectivity index (χ2n) is 10.6. The number of halogens is 2. The van der Waals surface area contributed by atoms with Gasteiger partial charge in [0.1, 0.15) is 11.4 Å². The van der Waals surface area contributed by atoms with Gasteiger partial charge in [-0.05, 0) is 43.9 Å². The van der Waals surface area contributed by atoms with Crippen molar-refractivity contribution in [2.24, 2.45) is 11.7 Å². The highest BCUT2D eigenvalue weighted by atomic mass is 19.3. The molecule has 40 heavy (non-hydrogen) atoms. The number of carbonyl (C=O) groups is 3. The lowest BCUT2D eigenvalue weighted by molar-refractivity contribution is -0.140. The van der Waals surface area contributed by atoms with Crippen molar-refractivity contribution in [1.82, 2.24) is 15.3 Å². The summed E-state index contributed by atoms with van der Waals surface area (Å²) in [6.07, 6.45) is 6.80. The van der Waals surface area contributed by atoms with E-state index >= 15 is 0 Å². The van der Waals surface area contributed by atoms with E-state index in [2.05, 4.69) is 20.6 Å². The molecule has 11 nitrogen and oxygen atoms in total. The molecule has 1 aromatic carbocycles. The number of ether oxygens (including phenoxy) is 1. The van der Waals surface area contributed by atoms with E-state index in [-0.39, 0.29) is 35.4 Å². The number of fused-ring (bicyclic) bond motifs is 1. The number of anilines is 4. The minimum absolute atomic E-state index is 0.124. The second-order valence-corrected chi connectivity index (χ2v) is 10.6. The van der Waals surface area contributed by atoms with Gasteiger partial charge in [0.2, 0.25) is 11.9 Å². The first-order chi connectivity index (χ1) is 19.1. The van der Waals surface area contributed by atoms with Gasteiger partial charge in [-0.2, -0.15) is 13.8 Å². The highest BCUT2D eigenvalue weighted by Gasteiger charge is 2.48. The van der Waals surface area contributed by atoms with Crippen molar-refractivity contribution in [3.63, 3.8) is 0 Å². The first-order valence-corrected chi connectivity index (χ1v) is 13.4. The molecule has 3 amide bonds. The number of primary amides is 1. The minimum Gasteiger partial charge on any atom is -0.495 e. The van der Waals surface area contributed by atoms with Crippen LogP contribution in [0.5, 0.6) is 5.75 Å². The molecule has 2 atom stereocenters. The number of methoxy groups -OCH3 is 1. The molecule has 13 heteroatoms. The molecule has 2 saturated carbocycles. The van der Waals surface area contributed by atoms with E-state index in [0.29, 0.717) is 29.8 Å². The van der Waals surface area contributed by atoms with Crippen LogP contribution in [0.25, 0.3) is 0 Å². The fourth-order valence-electron chi connectivity index (χ4n) is 5.89. The van der Waals surface area contributed by atoms with Crippen LogP contribution >= 0.6 is 0 Å². The third kappa shape index (κ3) is 5.24. The van der Waals surface area contributed by atoms with E-state index in [9.17, 15) is 23.2 Å². The fraction of sp³-hybridized carbons (Fsp3) is 0.519. The predicted molar refractivity (Wildman–Crippen MR) is 144 cm³/mol. The SMILES string of the molecule is COc1cc(C(=O)NC2CCC[C@H]2C(N)=O)ccc1Nc1ncc2c(n1)N(C1CCCC1)CC(F)(F)C(=O)N2C. The molecule has 0 spiro atoms. The van der Waals surface area contributed by atoms with E-state index in [1.165, 1.54) is 25.3 Å². The zero-order valence-corrected chi connectivity index (χ0v) is 22.5. The Morgan fingerprint density at radius 2 is 1.90 bits per heavy atom. The van der Waals surface area contributed by atoms with Gasteiger partial charge in [-0.1, -0.05) is 19.3 Å². The molecule has 1 aliphatic heterocycles. The topological polar surface area (TPSA) is 143 Å². The number of nitrogens with two attached hydrogens (primary N) is 1. The molecule has 0 radical (unpaired) electrons. The first kappa shape index (κ1) is 27.5. The van der Waals surface area contributed by atoms with Crippen LogP contribution in [-0.4, -0.2) is 66.4 Å². The smallest absolute Gasteiger partial charge is 0.342 e. The Morgan fingerprint density at radius 1 is 1.15 bits per heavy atom. The van der Waals surface area contributed by atoms with E-state index in [1.807, 2.05) is 0 Å². The van der Waals surface area contributed by atoms with Crippen LogP contribution in [0, 0.1) is 5.92 Å². The molecule has 214 valence electrons. The van der Waals surface area contributed by atoms with E-state index in [1.54, 1.807) is 18.2 Å². The lowest BCUT2D eigenvalue weighted by Gasteiger charge is -2.31. The molecular formula is C27H33F2N7O4. The fourth-order valence-corrected chi connectivity index (χ4v) is 5.89. The van der Waals surface area contributed by atoms with E-state index < -0.39 is 30.2 Å². The van der Waals surface area contributed by atoms with Gasteiger partial charge in [0.05, 0.1) is 31.5 Å². The van der Waals surface area contributed by atoms with Crippen molar-refractivity contribution in [3.8, 4) is 5.75 Å². The van der Waals surface area contributed by atoms with Crippen molar-refractivity contribution < 1.29 is 27.9 Å². The van der Waals surface area contributed by atoms with Gasteiger partial charge in [0.25, 0.3) is 11.8 Å². The Labute approximate surface area is 230 Å². The highest BCUT2D eigenvalue weighted by Crippen LogP contribution is 2.40. The molecule has 0 saturated heterocycles. The predicted octanol–water partition coefficient (Wildman–Crippen LogP) is 2.97. The van der Waals surface area contributed by atoms with Gasteiger partial charge in [0.15, 0.2) is 5.82 Å². The van der Waals surface area contributed by atoms with Crippen molar-refractivity contribution in [2.45, 2.75) is 63.0 Å². The molecule has 2 aliphatic carbocycles. The summed E-state index contributed by atoms with van der Waals surface area (Å²) >= 11 is 0. The lowest BCUT2D eigenvalue weighted by atomic mass is 10.0. The number of rotatable bonds is 7. The Kier molecular flexibility index (Phi) is 7.47. The van der Waals surface area contributed by atoms with Gasteiger partial charge < -0.3 is 30.9 Å². The summed E-state index contributed by atoms with van der Waals surface area (Å²) in [5, 5.41) is 5.95. The van der Waals surface area contributed by atoms with Crippen LogP contribution in [0.2, 0.25) is 0 Å². The minimum atomic E-state index is -3.57. The Morgan fingerprint density at radius 3 is 2.60 bits per heavy atom. The number of nitrogens with zero attached hydrogens (tertiary/aromatic N) is 4. The number of benzene rings is 1. The van der Waals surface area contributed by atoms with Crippen molar-refractivity contribution in [2.75, 3.05) is 35.8 Å². The molecule has 2 heterocycles. The Bertz CT molecular complexity index is 1320. The third-order valence-corrected chi connectivity index (χ3v) is 8.04. The first-order valence-electron chi connectivity index (χ1n) is 13.4. The summed E-state index contributed by atoms with van der Waals surface area (Å²) in [7, 11) is 2.75. The molecular weight excluding hydrogens is 524 g/mol. The third-order valence-electron chi connectivity index (χ3n) is 8.04. The number of aromatic nitrogens is 2. The average Bonchev–Trinajstić information content (AvgIpc) is 3.62. The second kappa shape index (κ2) is 10.9. The van der Waals surface area contributed by atoms with Crippen LogP contribution in [-0.2, 0) is 9.59 Å². The molecule has 5 rings (SSSR count). The number of hydrogen-bond acceptors (Lipinski definition) is 8. The van der Waals surface area contributed by atoms with Crippen LogP contribution in [0.4, 0.5) is 31.9 Å². The molecule has 4 N–H and O–H groups in total. The summed E-state index contributed by atoms with van der Waals surface area (Å²) in [6, 6.07) is 4.29.